The van der Waals surface area contributed by atoms with Gasteiger partial charge in [-0.15, -0.1) is 11.8 Å². The van der Waals surface area contributed by atoms with Crippen molar-refractivity contribution in [1.82, 2.24) is 5.32 Å². The van der Waals surface area contributed by atoms with Crippen molar-refractivity contribution in [1.29, 1.82) is 0 Å². The van der Waals surface area contributed by atoms with Gasteiger partial charge < -0.3 is 10.4 Å². The Morgan fingerprint density at radius 2 is 2.12 bits per heavy atom. The highest BCUT2D eigenvalue weighted by molar-refractivity contribution is 7.99. The molecule has 0 spiro atoms. The number of sulfonamides is 1. The number of thioether (sulfide) groups is 1. The third-order valence-corrected chi connectivity index (χ3v) is 6.41. The van der Waals surface area contributed by atoms with Crippen molar-refractivity contribution in [2.24, 2.45) is 0 Å². The van der Waals surface area contributed by atoms with Crippen LogP contribution in [0.1, 0.15) is 22.3 Å². The number of benzene rings is 1. The Morgan fingerprint density at radius 3 is 2.71 bits per heavy atom. The topological polar surface area (TPSA) is 104 Å². The predicted octanol–water partition coefficient (Wildman–Crippen LogP) is 1.08. The number of carboxylic acids is 1. The fourth-order valence-corrected chi connectivity index (χ4v) is 4.60. The first-order valence-electron chi connectivity index (χ1n) is 7.50. The number of hydrogen-bond donors (Lipinski definition) is 2. The summed E-state index contributed by atoms with van der Waals surface area (Å²) in [5.41, 5.74) is 1.77. The quantitative estimate of drug-likeness (QED) is 0.694. The lowest BCUT2D eigenvalue weighted by molar-refractivity contribution is -0.133. The molecule has 1 aromatic rings. The number of carbonyl (C=O) groups excluding carboxylic acids is 1. The summed E-state index contributed by atoms with van der Waals surface area (Å²) in [4.78, 5) is 22.5. The zero-order valence-corrected chi connectivity index (χ0v) is 15.0. The number of rotatable bonds is 7. The summed E-state index contributed by atoms with van der Waals surface area (Å²) in [6, 6.07) is 4.97. The average molecular weight is 372 g/mol. The molecule has 1 aromatic carbocycles. The molecule has 0 atom stereocenters. The molecule has 7 nitrogen and oxygen atoms in total. The van der Waals surface area contributed by atoms with Crippen LogP contribution in [0.5, 0.6) is 0 Å². The molecule has 132 valence electrons. The third kappa shape index (κ3) is 4.64. The van der Waals surface area contributed by atoms with Crippen molar-refractivity contribution in [2.75, 3.05) is 34.7 Å². The smallest absolute Gasteiger partial charge is 0.313 e. The average Bonchev–Trinajstić information content (AvgIpc) is 2.85. The molecule has 9 heteroatoms. The molecule has 1 aliphatic heterocycles. The second-order valence-electron chi connectivity index (χ2n) is 5.44. The maximum Gasteiger partial charge on any atom is 0.313 e. The Hall–Kier alpha value is -1.74. The van der Waals surface area contributed by atoms with Crippen LogP contribution in [0.15, 0.2) is 18.2 Å². The van der Waals surface area contributed by atoms with E-state index in [9.17, 15) is 18.0 Å². The van der Waals surface area contributed by atoms with Crippen molar-refractivity contribution in [3.8, 4) is 0 Å². The molecule has 1 heterocycles. The molecule has 0 saturated carbocycles. The van der Waals surface area contributed by atoms with Crippen LogP contribution >= 0.6 is 11.8 Å². The van der Waals surface area contributed by atoms with E-state index in [0.29, 0.717) is 42.1 Å². The van der Waals surface area contributed by atoms with Crippen LogP contribution in [0.25, 0.3) is 0 Å². The van der Waals surface area contributed by atoms with Crippen molar-refractivity contribution in [3.05, 3.63) is 29.3 Å². The molecule has 0 radical (unpaired) electrons. The zero-order valence-electron chi connectivity index (χ0n) is 13.3. The van der Waals surface area contributed by atoms with Crippen LogP contribution in [0.2, 0.25) is 0 Å². The Bertz CT molecular complexity index is 733. The van der Waals surface area contributed by atoms with E-state index in [0.717, 1.165) is 0 Å². The van der Waals surface area contributed by atoms with Gasteiger partial charge in [0.15, 0.2) is 0 Å². The lowest BCUT2D eigenvalue weighted by atomic mass is 10.1. The number of carboxylic acid groups (broad SMARTS) is 1. The highest BCUT2D eigenvalue weighted by Gasteiger charge is 2.28. The molecule has 24 heavy (non-hydrogen) atoms. The minimum Gasteiger partial charge on any atom is -0.481 e. The number of aliphatic carboxylic acids is 1. The largest absolute Gasteiger partial charge is 0.481 e. The van der Waals surface area contributed by atoms with Crippen molar-refractivity contribution >= 4 is 39.3 Å². The van der Waals surface area contributed by atoms with Gasteiger partial charge in [0.2, 0.25) is 10.0 Å². The van der Waals surface area contributed by atoms with Gasteiger partial charge in [-0.05, 0) is 37.1 Å². The maximum absolute atomic E-state index is 12.2. The van der Waals surface area contributed by atoms with Crippen LogP contribution in [0.4, 0.5) is 5.69 Å². The Balaban J connectivity index is 1.97. The number of anilines is 1. The van der Waals surface area contributed by atoms with Crippen molar-refractivity contribution in [3.63, 3.8) is 0 Å². The molecular weight excluding hydrogens is 352 g/mol. The first-order valence-corrected chi connectivity index (χ1v) is 10.3. The van der Waals surface area contributed by atoms with Gasteiger partial charge in [-0.3, -0.25) is 13.9 Å². The van der Waals surface area contributed by atoms with Gasteiger partial charge in [-0.1, -0.05) is 0 Å². The van der Waals surface area contributed by atoms with Crippen molar-refractivity contribution < 1.29 is 23.1 Å². The minimum absolute atomic E-state index is 0.00784. The van der Waals surface area contributed by atoms with Crippen LogP contribution in [0.3, 0.4) is 0 Å². The predicted molar refractivity (Wildman–Crippen MR) is 94.2 cm³/mol. The Kier molecular flexibility index (Phi) is 6.11. The van der Waals surface area contributed by atoms with E-state index in [-0.39, 0.29) is 17.4 Å². The second-order valence-corrected chi connectivity index (χ2v) is 8.56. The number of nitrogens with zero attached hydrogens (tertiary/aromatic N) is 1. The molecule has 2 rings (SSSR count). The number of amides is 1. The molecular formula is C15H20N2O5S2. The van der Waals surface area contributed by atoms with Gasteiger partial charge in [-0.25, -0.2) is 8.42 Å². The number of aryl methyl sites for hydroxylation is 1. The first kappa shape index (κ1) is 18.6. The van der Waals surface area contributed by atoms with E-state index in [1.165, 1.54) is 16.1 Å². The standard InChI is InChI=1S/C15H20N2O5S2/c1-11-9-12(17-6-2-8-24(17,21)22)3-4-13(11)15(20)16-5-7-23-10-14(18)19/h3-4,9H,2,5-8,10H2,1H3,(H,16,20)(H,18,19). The fraction of sp³-hybridized carbons (Fsp3) is 0.467. The molecule has 1 fully saturated rings. The molecule has 1 saturated heterocycles. The maximum atomic E-state index is 12.2. The van der Waals surface area contributed by atoms with Crippen LogP contribution in [-0.2, 0) is 14.8 Å². The van der Waals surface area contributed by atoms with E-state index in [2.05, 4.69) is 5.32 Å². The van der Waals surface area contributed by atoms with Crippen LogP contribution in [0, 0.1) is 6.92 Å². The second kappa shape index (κ2) is 7.89. The van der Waals surface area contributed by atoms with Crippen LogP contribution < -0.4 is 9.62 Å². The molecule has 0 aromatic heterocycles. The number of hydrogen-bond acceptors (Lipinski definition) is 5. The van der Waals surface area contributed by atoms with Gasteiger partial charge in [0.1, 0.15) is 0 Å². The highest BCUT2D eigenvalue weighted by atomic mass is 32.2. The molecule has 1 amide bonds. The summed E-state index contributed by atoms with van der Waals surface area (Å²) in [5, 5.41) is 11.3. The molecule has 0 bridgehead atoms. The van der Waals surface area contributed by atoms with E-state index in [1.54, 1.807) is 25.1 Å². The van der Waals surface area contributed by atoms with Gasteiger partial charge in [0, 0.05) is 24.4 Å². The van der Waals surface area contributed by atoms with E-state index in [1.807, 2.05) is 0 Å². The Morgan fingerprint density at radius 1 is 1.38 bits per heavy atom. The van der Waals surface area contributed by atoms with Gasteiger partial charge >= 0.3 is 5.97 Å². The van der Waals surface area contributed by atoms with Gasteiger partial charge in [0.05, 0.1) is 17.2 Å². The normalized spacial score (nSPS) is 16.1. The summed E-state index contributed by atoms with van der Waals surface area (Å²) < 4.78 is 25.3. The first-order chi connectivity index (χ1) is 11.3. The van der Waals surface area contributed by atoms with Gasteiger partial charge in [0.25, 0.3) is 5.91 Å². The Labute approximate surface area is 145 Å². The summed E-state index contributed by atoms with van der Waals surface area (Å²) in [6.07, 6.45) is 0.609. The molecule has 1 aliphatic rings. The lowest BCUT2D eigenvalue weighted by Crippen LogP contribution is -2.28. The van der Waals surface area contributed by atoms with E-state index < -0.39 is 16.0 Å². The van der Waals surface area contributed by atoms with Gasteiger partial charge in [-0.2, -0.15) is 0 Å². The molecule has 0 unspecified atom stereocenters. The number of nitrogens with one attached hydrogen (secondary N) is 1. The third-order valence-electron chi connectivity index (χ3n) is 3.60. The van der Waals surface area contributed by atoms with E-state index in [4.69, 9.17) is 5.11 Å². The molecule has 2 N–H and O–H groups in total. The zero-order chi connectivity index (χ0) is 17.7. The van der Waals surface area contributed by atoms with Crippen molar-refractivity contribution in [2.45, 2.75) is 13.3 Å². The SMILES string of the molecule is Cc1cc(N2CCCS2(=O)=O)ccc1C(=O)NCCSCC(=O)O. The lowest BCUT2D eigenvalue weighted by Gasteiger charge is -2.18. The summed E-state index contributed by atoms with van der Waals surface area (Å²) in [5.74, 6) is -0.453. The summed E-state index contributed by atoms with van der Waals surface area (Å²) in [6.45, 7) is 2.60. The van der Waals surface area contributed by atoms with Crippen LogP contribution in [-0.4, -0.2) is 55.7 Å². The monoisotopic (exact) mass is 372 g/mol. The fourth-order valence-electron chi connectivity index (χ4n) is 2.48. The highest BCUT2D eigenvalue weighted by Crippen LogP contribution is 2.26. The minimum atomic E-state index is -3.24. The van der Waals surface area contributed by atoms with E-state index >= 15 is 0 Å². The summed E-state index contributed by atoms with van der Waals surface area (Å²) in [7, 11) is -3.24. The number of carbonyl (C=O) groups is 2. The summed E-state index contributed by atoms with van der Waals surface area (Å²) >= 11 is 1.23. The molecule has 0 aliphatic carbocycles.